The van der Waals surface area contributed by atoms with Crippen LogP contribution in [0.2, 0.25) is 0 Å². The second-order valence-corrected chi connectivity index (χ2v) is 7.31. The third-order valence-corrected chi connectivity index (χ3v) is 5.56. The van der Waals surface area contributed by atoms with Crippen molar-refractivity contribution in [2.24, 2.45) is 5.92 Å². The van der Waals surface area contributed by atoms with Gasteiger partial charge >= 0.3 is 0 Å². The Kier molecular flexibility index (Phi) is 4.37. The van der Waals surface area contributed by atoms with Crippen LogP contribution in [0, 0.1) is 17.2 Å². The Morgan fingerprint density at radius 1 is 1.12 bits per heavy atom. The van der Waals surface area contributed by atoms with Gasteiger partial charge in [0.1, 0.15) is 5.82 Å². The van der Waals surface area contributed by atoms with E-state index in [1.54, 1.807) is 0 Å². The van der Waals surface area contributed by atoms with E-state index in [2.05, 4.69) is 33.0 Å². The van der Waals surface area contributed by atoms with Gasteiger partial charge in [0.15, 0.2) is 0 Å². The smallest absolute Gasteiger partial charge is 0.227 e. The molecule has 2 aliphatic heterocycles. The number of aromatic nitrogens is 2. The predicted octanol–water partition coefficient (Wildman–Crippen LogP) is 2.52. The third kappa shape index (κ3) is 3.05. The molecule has 134 valence electrons. The van der Waals surface area contributed by atoms with E-state index < -0.39 is 0 Å². The fourth-order valence-corrected chi connectivity index (χ4v) is 4.11. The highest BCUT2D eigenvalue weighted by atomic mass is 15.3. The summed E-state index contributed by atoms with van der Waals surface area (Å²) in [5.41, 5.74) is 1.92. The highest BCUT2D eigenvalue weighted by molar-refractivity contribution is 5.53. The van der Waals surface area contributed by atoms with Crippen molar-refractivity contribution in [2.75, 3.05) is 48.4 Å². The average molecular weight is 348 g/mol. The molecule has 0 N–H and O–H groups in total. The van der Waals surface area contributed by atoms with Gasteiger partial charge in [0.2, 0.25) is 5.95 Å². The number of piperidine rings is 1. The van der Waals surface area contributed by atoms with E-state index in [0.29, 0.717) is 11.6 Å². The van der Waals surface area contributed by atoms with Crippen LogP contribution >= 0.6 is 0 Å². The normalized spacial score (nSPS) is 22.0. The van der Waals surface area contributed by atoms with Crippen LogP contribution in [0.15, 0.2) is 36.5 Å². The van der Waals surface area contributed by atoms with E-state index >= 15 is 0 Å². The van der Waals surface area contributed by atoms with Crippen LogP contribution in [-0.4, -0.2) is 49.7 Å². The lowest BCUT2D eigenvalue weighted by atomic mass is 9.92. The molecule has 2 atom stereocenters. The number of rotatable bonds is 3. The van der Waals surface area contributed by atoms with Gasteiger partial charge in [-0.2, -0.15) is 10.2 Å². The zero-order valence-electron chi connectivity index (χ0n) is 15.3. The molecular formula is C20H24N6. The summed E-state index contributed by atoms with van der Waals surface area (Å²) >= 11 is 0. The molecule has 0 amide bonds. The molecule has 4 rings (SSSR count). The summed E-state index contributed by atoms with van der Waals surface area (Å²) in [5, 5.41) is 9.02. The zero-order valence-corrected chi connectivity index (χ0v) is 15.3. The molecule has 0 saturated carbocycles. The maximum absolute atomic E-state index is 9.02. The summed E-state index contributed by atoms with van der Waals surface area (Å²) in [4.78, 5) is 16.1. The van der Waals surface area contributed by atoms with Gasteiger partial charge < -0.3 is 14.7 Å². The molecule has 2 unspecified atom stereocenters. The summed E-state index contributed by atoms with van der Waals surface area (Å²) in [7, 11) is 4.00. The molecule has 1 aromatic heterocycles. The SMILES string of the molecule is CN(C)c1ccnc(N2CCC3CCN(c4ccc(C#N)cc4)C3C2)n1. The van der Waals surface area contributed by atoms with E-state index in [0.717, 1.165) is 37.3 Å². The van der Waals surface area contributed by atoms with Gasteiger partial charge in [0, 0.05) is 51.7 Å². The predicted molar refractivity (Wildman–Crippen MR) is 104 cm³/mol. The zero-order chi connectivity index (χ0) is 18.1. The lowest BCUT2D eigenvalue weighted by Crippen LogP contribution is -2.49. The second-order valence-electron chi connectivity index (χ2n) is 7.31. The number of nitriles is 1. The van der Waals surface area contributed by atoms with Crippen LogP contribution in [-0.2, 0) is 0 Å². The maximum Gasteiger partial charge on any atom is 0.227 e. The molecule has 2 fully saturated rings. The van der Waals surface area contributed by atoms with Crippen molar-refractivity contribution in [1.82, 2.24) is 9.97 Å². The lowest BCUT2D eigenvalue weighted by molar-refractivity contribution is 0.387. The van der Waals surface area contributed by atoms with Gasteiger partial charge in [-0.05, 0) is 49.1 Å². The first-order chi connectivity index (χ1) is 12.7. The number of hydrogen-bond donors (Lipinski definition) is 0. The van der Waals surface area contributed by atoms with Crippen LogP contribution in [0.5, 0.6) is 0 Å². The van der Waals surface area contributed by atoms with E-state index in [9.17, 15) is 0 Å². The minimum Gasteiger partial charge on any atom is -0.366 e. The number of nitrogens with zero attached hydrogens (tertiary/aromatic N) is 6. The second kappa shape index (κ2) is 6.83. The van der Waals surface area contributed by atoms with Crippen molar-refractivity contribution in [3.8, 4) is 6.07 Å². The van der Waals surface area contributed by atoms with Crippen molar-refractivity contribution in [3.63, 3.8) is 0 Å². The summed E-state index contributed by atoms with van der Waals surface area (Å²) in [6, 6.07) is 12.6. The molecule has 26 heavy (non-hydrogen) atoms. The molecule has 0 aliphatic carbocycles. The van der Waals surface area contributed by atoms with Crippen LogP contribution < -0.4 is 14.7 Å². The number of fused-ring (bicyclic) bond motifs is 1. The molecule has 3 heterocycles. The van der Waals surface area contributed by atoms with Crippen molar-refractivity contribution < 1.29 is 0 Å². The summed E-state index contributed by atoms with van der Waals surface area (Å²) < 4.78 is 0. The Morgan fingerprint density at radius 2 is 1.88 bits per heavy atom. The molecule has 2 saturated heterocycles. The molecule has 2 aliphatic rings. The van der Waals surface area contributed by atoms with Crippen molar-refractivity contribution in [3.05, 3.63) is 42.1 Å². The fraction of sp³-hybridized carbons (Fsp3) is 0.450. The van der Waals surface area contributed by atoms with Gasteiger partial charge in [-0.1, -0.05) is 0 Å². The maximum atomic E-state index is 9.02. The quantitative estimate of drug-likeness (QED) is 0.849. The van der Waals surface area contributed by atoms with Crippen molar-refractivity contribution in [1.29, 1.82) is 5.26 Å². The lowest BCUT2D eigenvalue weighted by Gasteiger charge is -2.39. The van der Waals surface area contributed by atoms with Crippen LogP contribution in [0.4, 0.5) is 17.5 Å². The van der Waals surface area contributed by atoms with Gasteiger partial charge in [0.05, 0.1) is 11.6 Å². The van der Waals surface area contributed by atoms with Crippen molar-refractivity contribution in [2.45, 2.75) is 18.9 Å². The first-order valence-corrected chi connectivity index (χ1v) is 9.18. The standard InChI is InChI=1S/C20H24N6/c1-24(2)19-7-10-22-20(23-19)25-11-8-16-9-12-26(18(16)14-25)17-5-3-15(13-21)4-6-17/h3-7,10,16,18H,8-9,11-12,14H2,1-2H3. The third-order valence-electron chi connectivity index (χ3n) is 5.56. The first kappa shape index (κ1) is 16.6. The minimum atomic E-state index is 0.475. The van der Waals surface area contributed by atoms with Crippen LogP contribution in [0.3, 0.4) is 0 Å². The summed E-state index contributed by atoms with van der Waals surface area (Å²) in [6.45, 7) is 3.04. The topological polar surface area (TPSA) is 59.3 Å². The highest BCUT2D eigenvalue weighted by Crippen LogP contribution is 2.36. The van der Waals surface area contributed by atoms with E-state index in [1.165, 1.54) is 18.5 Å². The summed E-state index contributed by atoms with van der Waals surface area (Å²) in [6.07, 6.45) is 4.25. The monoisotopic (exact) mass is 348 g/mol. The molecule has 6 heteroatoms. The van der Waals surface area contributed by atoms with Crippen LogP contribution in [0.25, 0.3) is 0 Å². The van der Waals surface area contributed by atoms with Crippen LogP contribution in [0.1, 0.15) is 18.4 Å². The average Bonchev–Trinajstić information content (AvgIpc) is 3.11. The molecule has 6 nitrogen and oxygen atoms in total. The van der Waals surface area contributed by atoms with Gasteiger partial charge in [-0.15, -0.1) is 0 Å². The number of hydrogen-bond acceptors (Lipinski definition) is 6. The van der Waals surface area contributed by atoms with Gasteiger partial charge in [0.25, 0.3) is 0 Å². The Hall–Kier alpha value is -2.81. The van der Waals surface area contributed by atoms with E-state index in [1.807, 2.05) is 43.4 Å². The fourth-order valence-electron chi connectivity index (χ4n) is 4.11. The Bertz CT molecular complexity index is 810. The van der Waals surface area contributed by atoms with E-state index in [-0.39, 0.29) is 0 Å². The molecule has 1 aromatic carbocycles. The molecule has 0 radical (unpaired) electrons. The Balaban J connectivity index is 1.55. The summed E-state index contributed by atoms with van der Waals surface area (Å²) in [5.74, 6) is 2.48. The Morgan fingerprint density at radius 3 is 2.62 bits per heavy atom. The van der Waals surface area contributed by atoms with Crippen molar-refractivity contribution >= 4 is 17.5 Å². The Labute approximate surface area is 154 Å². The largest absolute Gasteiger partial charge is 0.366 e. The number of anilines is 3. The van der Waals surface area contributed by atoms with Gasteiger partial charge in [-0.3, -0.25) is 0 Å². The highest BCUT2D eigenvalue weighted by Gasteiger charge is 2.39. The molecule has 0 spiro atoms. The molecule has 2 aromatic rings. The number of benzene rings is 1. The van der Waals surface area contributed by atoms with Gasteiger partial charge in [-0.25, -0.2) is 4.98 Å². The minimum absolute atomic E-state index is 0.475. The molecular weight excluding hydrogens is 324 g/mol. The molecule has 0 bridgehead atoms. The first-order valence-electron chi connectivity index (χ1n) is 9.18. The van der Waals surface area contributed by atoms with E-state index in [4.69, 9.17) is 10.2 Å².